The standard InChI is InChI=1S/C16H16BrClN2O2/c1-19-16(21)11-7-8-12(17)15(22-2)14(11)20-9-10-5-3-4-6-13(10)18/h3-8,20H,9H2,1-2H3,(H,19,21). The Morgan fingerprint density at radius 2 is 2.00 bits per heavy atom. The number of amides is 1. The number of benzene rings is 2. The van der Waals surface area contributed by atoms with Crippen molar-refractivity contribution in [3.05, 3.63) is 57.0 Å². The van der Waals surface area contributed by atoms with Crippen LogP contribution in [0.15, 0.2) is 40.9 Å². The SMILES string of the molecule is CNC(=O)c1ccc(Br)c(OC)c1NCc1ccccc1Cl. The van der Waals surface area contributed by atoms with Gasteiger partial charge in [0, 0.05) is 18.6 Å². The highest BCUT2D eigenvalue weighted by molar-refractivity contribution is 9.10. The third kappa shape index (κ3) is 3.54. The Morgan fingerprint density at radius 3 is 2.64 bits per heavy atom. The van der Waals surface area contributed by atoms with Crippen LogP contribution in [-0.2, 0) is 6.54 Å². The first kappa shape index (κ1) is 16.6. The fraction of sp³-hybridized carbons (Fsp3) is 0.188. The molecule has 2 aromatic rings. The molecule has 22 heavy (non-hydrogen) atoms. The maximum atomic E-state index is 12.0. The van der Waals surface area contributed by atoms with Gasteiger partial charge in [-0.05, 0) is 39.7 Å². The Morgan fingerprint density at radius 1 is 1.27 bits per heavy atom. The molecule has 0 aliphatic carbocycles. The fourth-order valence-electron chi connectivity index (χ4n) is 2.08. The third-order valence-electron chi connectivity index (χ3n) is 3.20. The lowest BCUT2D eigenvalue weighted by Crippen LogP contribution is -2.20. The Labute approximate surface area is 142 Å². The molecule has 0 saturated heterocycles. The number of carbonyl (C=O) groups is 1. The van der Waals surface area contributed by atoms with Gasteiger partial charge in [0.05, 0.1) is 22.8 Å². The van der Waals surface area contributed by atoms with Gasteiger partial charge in [-0.1, -0.05) is 29.8 Å². The zero-order chi connectivity index (χ0) is 16.1. The maximum absolute atomic E-state index is 12.0. The molecule has 0 bridgehead atoms. The van der Waals surface area contributed by atoms with Crippen molar-refractivity contribution in [1.29, 1.82) is 0 Å². The zero-order valence-corrected chi connectivity index (χ0v) is 14.6. The summed E-state index contributed by atoms with van der Waals surface area (Å²) in [5.41, 5.74) is 2.07. The first-order valence-electron chi connectivity index (χ1n) is 6.64. The second-order valence-electron chi connectivity index (χ2n) is 4.53. The van der Waals surface area contributed by atoms with Gasteiger partial charge in [0.15, 0.2) is 5.75 Å². The van der Waals surface area contributed by atoms with E-state index in [1.54, 1.807) is 26.3 Å². The molecule has 2 N–H and O–H groups in total. The number of carbonyl (C=O) groups excluding carboxylic acids is 1. The van der Waals surface area contributed by atoms with E-state index in [4.69, 9.17) is 16.3 Å². The predicted octanol–water partition coefficient (Wildman–Crippen LogP) is 4.08. The van der Waals surface area contributed by atoms with E-state index in [2.05, 4.69) is 26.6 Å². The highest BCUT2D eigenvalue weighted by Crippen LogP contribution is 2.36. The summed E-state index contributed by atoms with van der Waals surface area (Å²) >= 11 is 9.60. The van der Waals surface area contributed by atoms with Crippen LogP contribution in [0.1, 0.15) is 15.9 Å². The second-order valence-corrected chi connectivity index (χ2v) is 5.79. The lowest BCUT2D eigenvalue weighted by atomic mass is 10.1. The largest absolute Gasteiger partial charge is 0.493 e. The summed E-state index contributed by atoms with van der Waals surface area (Å²) in [5.74, 6) is 0.389. The zero-order valence-electron chi connectivity index (χ0n) is 12.2. The number of nitrogens with one attached hydrogen (secondary N) is 2. The van der Waals surface area contributed by atoms with Crippen molar-refractivity contribution in [3.63, 3.8) is 0 Å². The van der Waals surface area contributed by atoms with E-state index in [1.807, 2.05) is 24.3 Å². The number of anilines is 1. The molecule has 0 saturated carbocycles. The summed E-state index contributed by atoms with van der Waals surface area (Å²) in [6, 6.07) is 11.1. The van der Waals surface area contributed by atoms with Gasteiger partial charge in [0.2, 0.25) is 0 Å². The minimum absolute atomic E-state index is 0.188. The molecular formula is C16H16BrClN2O2. The number of hydrogen-bond donors (Lipinski definition) is 2. The average molecular weight is 384 g/mol. The normalized spacial score (nSPS) is 10.2. The predicted molar refractivity (Wildman–Crippen MR) is 92.9 cm³/mol. The molecule has 2 rings (SSSR count). The molecule has 0 aliphatic heterocycles. The lowest BCUT2D eigenvalue weighted by molar-refractivity contribution is 0.0963. The van der Waals surface area contributed by atoms with Crippen LogP contribution in [-0.4, -0.2) is 20.1 Å². The summed E-state index contributed by atoms with van der Waals surface area (Å²) in [5, 5.41) is 6.54. The number of methoxy groups -OCH3 is 1. The van der Waals surface area contributed by atoms with E-state index in [-0.39, 0.29) is 5.91 Å². The molecule has 0 aromatic heterocycles. The van der Waals surface area contributed by atoms with Gasteiger partial charge in [-0.2, -0.15) is 0 Å². The summed E-state index contributed by atoms with van der Waals surface area (Å²) < 4.78 is 6.18. The molecule has 1 amide bonds. The van der Waals surface area contributed by atoms with Gasteiger partial charge in [0.1, 0.15) is 0 Å². The fourth-order valence-corrected chi connectivity index (χ4v) is 2.78. The van der Waals surface area contributed by atoms with Gasteiger partial charge in [-0.3, -0.25) is 4.79 Å². The first-order valence-corrected chi connectivity index (χ1v) is 7.81. The van der Waals surface area contributed by atoms with Crippen molar-refractivity contribution < 1.29 is 9.53 Å². The molecule has 6 heteroatoms. The molecule has 0 aliphatic rings. The van der Waals surface area contributed by atoms with Crippen molar-refractivity contribution in [3.8, 4) is 5.75 Å². The van der Waals surface area contributed by atoms with Crippen molar-refractivity contribution in [2.75, 3.05) is 19.5 Å². The summed E-state index contributed by atoms with van der Waals surface area (Å²) in [4.78, 5) is 12.0. The quantitative estimate of drug-likeness (QED) is 0.818. The van der Waals surface area contributed by atoms with E-state index in [1.165, 1.54) is 0 Å². The highest BCUT2D eigenvalue weighted by atomic mass is 79.9. The second kappa shape index (κ2) is 7.51. The van der Waals surface area contributed by atoms with E-state index >= 15 is 0 Å². The Bertz CT molecular complexity index is 692. The average Bonchev–Trinajstić information content (AvgIpc) is 2.53. The van der Waals surface area contributed by atoms with Crippen LogP contribution >= 0.6 is 27.5 Å². The summed E-state index contributed by atoms with van der Waals surface area (Å²) in [6.45, 7) is 0.483. The third-order valence-corrected chi connectivity index (χ3v) is 4.19. The molecule has 0 atom stereocenters. The number of hydrogen-bond acceptors (Lipinski definition) is 3. The van der Waals surface area contributed by atoms with Crippen LogP contribution in [0.2, 0.25) is 5.02 Å². The monoisotopic (exact) mass is 382 g/mol. The molecule has 0 radical (unpaired) electrons. The smallest absolute Gasteiger partial charge is 0.253 e. The summed E-state index contributed by atoms with van der Waals surface area (Å²) in [7, 11) is 3.16. The Hall–Kier alpha value is -1.72. The minimum atomic E-state index is -0.188. The van der Waals surface area contributed by atoms with E-state index < -0.39 is 0 Å². The van der Waals surface area contributed by atoms with Gasteiger partial charge >= 0.3 is 0 Å². The van der Waals surface area contributed by atoms with Crippen LogP contribution in [0, 0.1) is 0 Å². The van der Waals surface area contributed by atoms with E-state index in [0.29, 0.717) is 28.6 Å². The number of rotatable bonds is 5. The lowest BCUT2D eigenvalue weighted by Gasteiger charge is -2.17. The summed E-state index contributed by atoms with van der Waals surface area (Å²) in [6.07, 6.45) is 0. The van der Waals surface area contributed by atoms with Crippen LogP contribution in [0.5, 0.6) is 5.75 Å². The van der Waals surface area contributed by atoms with Crippen molar-refractivity contribution in [2.45, 2.75) is 6.54 Å². The molecule has 0 spiro atoms. The molecule has 0 fully saturated rings. The Balaban J connectivity index is 2.37. The van der Waals surface area contributed by atoms with E-state index in [9.17, 15) is 4.79 Å². The van der Waals surface area contributed by atoms with Crippen LogP contribution in [0.3, 0.4) is 0 Å². The maximum Gasteiger partial charge on any atom is 0.253 e. The minimum Gasteiger partial charge on any atom is -0.493 e. The van der Waals surface area contributed by atoms with Gasteiger partial charge in [0.25, 0.3) is 5.91 Å². The molecule has 0 heterocycles. The topological polar surface area (TPSA) is 50.4 Å². The van der Waals surface area contributed by atoms with Crippen LogP contribution in [0.4, 0.5) is 5.69 Å². The van der Waals surface area contributed by atoms with Gasteiger partial charge in [-0.15, -0.1) is 0 Å². The molecule has 4 nitrogen and oxygen atoms in total. The van der Waals surface area contributed by atoms with Gasteiger partial charge < -0.3 is 15.4 Å². The number of halogens is 2. The Kier molecular flexibility index (Phi) is 5.69. The first-order chi connectivity index (χ1) is 10.6. The molecule has 2 aromatic carbocycles. The van der Waals surface area contributed by atoms with Crippen LogP contribution in [0.25, 0.3) is 0 Å². The van der Waals surface area contributed by atoms with Gasteiger partial charge in [-0.25, -0.2) is 0 Å². The molecule has 116 valence electrons. The highest BCUT2D eigenvalue weighted by Gasteiger charge is 2.17. The van der Waals surface area contributed by atoms with Crippen molar-refractivity contribution >= 4 is 39.1 Å². The van der Waals surface area contributed by atoms with Crippen molar-refractivity contribution in [1.82, 2.24) is 5.32 Å². The molecular weight excluding hydrogens is 368 g/mol. The van der Waals surface area contributed by atoms with Crippen molar-refractivity contribution in [2.24, 2.45) is 0 Å². The van der Waals surface area contributed by atoms with Crippen LogP contribution < -0.4 is 15.4 Å². The number of ether oxygens (including phenoxy) is 1. The molecule has 0 unspecified atom stereocenters. The van der Waals surface area contributed by atoms with E-state index in [0.717, 1.165) is 10.0 Å².